The topological polar surface area (TPSA) is 60.2 Å². The molecule has 1 aromatic rings. The predicted molar refractivity (Wildman–Crippen MR) is 71.9 cm³/mol. The summed E-state index contributed by atoms with van der Waals surface area (Å²) >= 11 is 0. The molecule has 0 bridgehead atoms. The van der Waals surface area contributed by atoms with Crippen LogP contribution in [0.4, 0.5) is 0 Å². The molecule has 1 atom stereocenters. The maximum atomic E-state index is 5.71. The van der Waals surface area contributed by atoms with Gasteiger partial charge < -0.3 is 4.74 Å². The summed E-state index contributed by atoms with van der Waals surface area (Å²) in [5.74, 6) is 6.39. The summed E-state index contributed by atoms with van der Waals surface area (Å²) < 4.78 is 5.39. The van der Waals surface area contributed by atoms with Gasteiger partial charge in [-0.25, -0.2) is 0 Å². The second kappa shape index (κ2) is 6.27. The Kier molecular flexibility index (Phi) is 4.69. The molecule has 1 saturated heterocycles. The molecule has 0 radical (unpaired) electrons. The highest BCUT2D eigenvalue weighted by Crippen LogP contribution is 2.27. The van der Waals surface area contributed by atoms with Crippen molar-refractivity contribution in [3.63, 3.8) is 0 Å². The van der Waals surface area contributed by atoms with E-state index < -0.39 is 0 Å². The van der Waals surface area contributed by atoms with Crippen molar-refractivity contribution in [1.29, 1.82) is 0 Å². The average molecular weight is 249 g/mol. The van der Waals surface area contributed by atoms with E-state index in [1.807, 2.05) is 6.20 Å². The Balaban J connectivity index is 2.07. The number of aromatic nitrogens is 1. The van der Waals surface area contributed by atoms with E-state index in [9.17, 15) is 0 Å². The van der Waals surface area contributed by atoms with Gasteiger partial charge in [0.1, 0.15) is 0 Å². The molecule has 2 heterocycles. The molecule has 100 valence electrons. The Hall–Kier alpha value is -0.970. The molecule has 1 aliphatic rings. The Morgan fingerprint density at radius 1 is 1.44 bits per heavy atom. The van der Waals surface area contributed by atoms with Crippen LogP contribution in [0.25, 0.3) is 0 Å². The van der Waals surface area contributed by atoms with E-state index in [1.54, 1.807) is 0 Å². The second-order valence-electron chi connectivity index (χ2n) is 5.23. The van der Waals surface area contributed by atoms with Gasteiger partial charge in [0.15, 0.2) is 0 Å². The molecule has 0 amide bonds. The average Bonchev–Trinajstić information content (AvgIpc) is 2.38. The van der Waals surface area contributed by atoms with E-state index in [2.05, 4.69) is 30.3 Å². The van der Waals surface area contributed by atoms with Gasteiger partial charge in [-0.1, -0.05) is 6.07 Å². The summed E-state index contributed by atoms with van der Waals surface area (Å²) in [4.78, 5) is 4.54. The van der Waals surface area contributed by atoms with Crippen molar-refractivity contribution in [3.8, 4) is 0 Å². The van der Waals surface area contributed by atoms with E-state index in [0.717, 1.165) is 38.2 Å². The van der Waals surface area contributed by atoms with E-state index in [0.29, 0.717) is 5.92 Å². The maximum Gasteiger partial charge on any atom is 0.0637 e. The molecule has 4 nitrogen and oxygen atoms in total. The smallest absolute Gasteiger partial charge is 0.0637 e. The Bertz CT molecular complexity index is 389. The van der Waals surface area contributed by atoms with E-state index >= 15 is 0 Å². The second-order valence-corrected chi connectivity index (χ2v) is 5.23. The molecule has 2 rings (SSSR count). The number of nitrogens with two attached hydrogens (primary N) is 1. The van der Waals surface area contributed by atoms with Crippen LogP contribution in [-0.2, 0) is 4.74 Å². The zero-order chi connectivity index (χ0) is 13.0. The number of pyridine rings is 1. The first-order valence-electron chi connectivity index (χ1n) is 6.67. The summed E-state index contributed by atoms with van der Waals surface area (Å²) in [5.41, 5.74) is 6.41. The lowest BCUT2D eigenvalue weighted by Gasteiger charge is -2.26. The highest BCUT2D eigenvalue weighted by molar-refractivity contribution is 5.25. The summed E-state index contributed by atoms with van der Waals surface area (Å²) in [6.07, 6.45) is 5.21. The molecule has 18 heavy (non-hydrogen) atoms. The van der Waals surface area contributed by atoms with Gasteiger partial charge in [-0.15, -0.1) is 0 Å². The van der Waals surface area contributed by atoms with Gasteiger partial charge in [0, 0.05) is 19.4 Å². The summed E-state index contributed by atoms with van der Waals surface area (Å²) in [7, 11) is 0. The number of hydrogen-bond donors (Lipinski definition) is 2. The summed E-state index contributed by atoms with van der Waals surface area (Å²) in [6.45, 7) is 5.92. The molecule has 0 saturated carbocycles. The largest absolute Gasteiger partial charge is 0.381 e. The third kappa shape index (κ3) is 3.28. The molecule has 0 aromatic carbocycles. The van der Waals surface area contributed by atoms with Crippen LogP contribution in [0.5, 0.6) is 0 Å². The van der Waals surface area contributed by atoms with Crippen LogP contribution in [0.15, 0.2) is 12.3 Å². The van der Waals surface area contributed by atoms with Crippen LogP contribution >= 0.6 is 0 Å². The van der Waals surface area contributed by atoms with Crippen molar-refractivity contribution >= 4 is 0 Å². The molecule has 1 fully saturated rings. The monoisotopic (exact) mass is 249 g/mol. The number of ether oxygens (including phenoxy) is 1. The highest BCUT2D eigenvalue weighted by atomic mass is 16.5. The van der Waals surface area contributed by atoms with Gasteiger partial charge >= 0.3 is 0 Å². The number of hydrazine groups is 1. The van der Waals surface area contributed by atoms with Crippen molar-refractivity contribution in [1.82, 2.24) is 10.4 Å². The molecule has 0 spiro atoms. The van der Waals surface area contributed by atoms with Crippen LogP contribution in [0.1, 0.15) is 42.1 Å². The van der Waals surface area contributed by atoms with E-state index in [-0.39, 0.29) is 6.04 Å². The fourth-order valence-electron chi connectivity index (χ4n) is 2.66. The lowest BCUT2D eigenvalue weighted by atomic mass is 9.90. The lowest BCUT2D eigenvalue weighted by Crippen LogP contribution is -2.32. The fourth-order valence-corrected chi connectivity index (χ4v) is 2.66. The molecule has 3 N–H and O–H groups in total. The van der Waals surface area contributed by atoms with Crippen LogP contribution in [0.3, 0.4) is 0 Å². The van der Waals surface area contributed by atoms with Gasteiger partial charge in [0.2, 0.25) is 0 Å². The maximum absolute atomic E-state index is 5.71. The molecule has 0 aliphatic carbocycles. The van der Waals surface area contributed by atoms with Gasteiger partial charge in [0.05, 0.1) is 11.7 Å². The minimum atomic E-state index is 0.147. The van der Waals surface area contributed by atoms with E-state index in [1.165, 1.54) is 11.1 Å². The molecule has 1 unspecified atom stereocenters. The number of nitrogens with one attached hydrogen (secondary N) is 1. The van der Waals surface area contributed by atoms with Gasteiger partial charge in [-0.3, -0.25) is 16.3 Å². The Morgan fingerprint density at radius 3 is 2.78 bits per heavy atom. The van der Waals surface area contributed by atoms with Gasteiger partial charge in [-0.05, 0) is 50.2 Å². The predicted octanol–water partition coefficient (Wildman–Crippen LogP) is 2.02. The molecular formula is C14H23N3O. The first-order valence-corrected chi connectivity index (χ1v) is 6.67. The number of nitrogens with zero attached hydrogens (tertiary/aromatic N) is 1. The summed E-state index contributed by atoms with van der Waals surface area (Å²) in [6, 6.07) is 2.31. The van der Waals surface area contributed by atoms with Crippen molar-refractivity contribution in [2.75, 3.05) is 13.2 Å². The zero-order valence-electron chi connectivity index (χ0n) is 11.3. The van der Waals surface area contributed by atoms with Crippen molar-refractivity contribution in [2.24, 2.45) is 11.8 Å². The Morgan fingerprint density at radius 2 is 2.17 bits per heavy atom. The van der Waals surface area contributed by atoms with Gasteiger partial charge in [-0.2, -0.15) is 0 Å². The van der Waals surface area contributed by atoms with Crippen molar-refractivity contribution in [2.45, 2.75) is 39.2 Å². The minimum Gasteiger partial charge on any atom is -0.381 e. The quantitative estimate of drug-likeness (QED) is 0.633. The first kappa shape index (κ1) is 13.5. The summed E-state index contributed by atoms with van der Waals surface area (Å²) in [5, 5.41) is 0. The third-order valence-electron chi connectivity index (χ3n) is 3.70. The van der Waals surface area contributed by atoms with Crippen LogP contribution in [0.2, 0.25) is 0 Å². The van der Waals surface area contributed by atoms with Crippen LogP contribution < -0.4 is 11.3 Å². The fraction of sp³-hybridized carbons (Fsp3) is 0.643. The van der Waals surface area contributed by atoms with E-state index in [4.69, 9.17) is 10.6 Å². The first-order chi connectivity index (χ1) is 8.70. The van der Waals surface area contributed by atoms with Crippen LogP contribution in [-0.4, -0.2) is 18.2 Å². The standard InChI is InChI=1S/C14H23N3O/c1-10-7-11(2)14(16-9-10)13(17-15)8-12-3-5-18-6-4-12/h7,9,12-13,17H,3-6,8,15H2,1-2H3. The normalized spacial score (nSPS) is 18.8. The van der Waals surface area contributed by atoms with Crippen molar-refractivity contribution in [3.05, 3.63) is 29.1 Å². The zero-order valence-corrected chi connectivity index (χ0v) is 11.3. The van der Waals surface area contributed by atoms with Gasteiger partial charge in [0.25, 0.3) is 0 Å². The molecule has 1 aliphatic heterocycles. The number of hydrogen-bond acceptors (Lipinski definition) is 4. The SMILES string of the molecule is Cc1cnc(C(CC2CCOCC2)NN)c(C)c1. The third-order valence-corrected chi connectivity index (χ3v) is 3.70. The molecule has 1 aromatic heterocycles. The Labute approximate surface area is 109 Å². The molecular weight excluding hydrogens is 226 g/mol. The number of rotatable bonds is 4. The molecule has 4 heteroatoms. The highest BCUT2D eigenvalue weighted by Gasteiger charge is 2.21. The van der Waals surface area contributed by atoms with Crippen molar-refractivity contribution < 1.29 is 4.74 Å². The van der Waals surface area contributed by atoms with Crippen LogP contribution in [0, 0.1) is 19.8 Å². The number of aryl methyl sites for hydroxylation is 2. The minimum absolute atomic E-state index is 0.147. The lowest BCUT2D eigenvalue weighted by molar-refractivity contribution is 0.0603.